The minimum Gasteiger partial charge on any atom is -0.395 e. The van der Waals surface area contributed by atoms with Gasteiger partial charge in [0, 0.05) is 5.41 Å². The van der Waals surface area contributed by atoms with Gasteiger partial charge in [0.2, 0.25) is 0 Å². The molecule has 0 amide bonds. The molecule has 1 N–H and O–H groups in total. The summed E-state index contributed by atoms with van der Waals surface area (Å²) in [5, 5.41) is 9.49. The molecule has 0 atom stereocenters. The van der Waals surface area contributed by atoms with Crippen LogP contribution in [0.15, 0.2) is 48.5 Å². The van der Waals surface area contributed by atoms with Gasteiger partial charge in [0.05, 0.1) is 6.61 Å². The zero-order chi connectivity index (χ0) is 14.2. The SMILES string of the molecule is CC(C)c1cccc(-c2ccc(C3(CO)CC3)cc2)c1. The monoisotopic (exact) mass is 266 g/mol. The third kappa shape index (κ3) is 2.38. The molecule has 2 aromatic rings. The minimum absolute atomic E-state index is 0.0678. The Morgan fingerprint density at radius 2 is 1.70 bits per heavy atom. The van der Waals surface area contributed by atoms with Crippen molar-refractivity contribution >= 4 is 0 Å². The zero-order valence-corrected chi connectivity index (χ0v) is 12.3. The van der Waals surface area contributed by atoms with Gasteiger partial charge in [0.1, 0.15) is 0 Å². The molecule has 0 aromatic heterocycles. The van der Waals surface area contributed by atoms with Crippen molar-refractivity contribution in [1.29, 1.82) is 0 Å². The first-order valence-electron chi connectivity index (χ1n) is 7.46. The van der Waals surface area contributed by atoms with Gasteiger partial charge in [-0.25, -0.2) is 0 Å². The van der Waals surface area contributed by atoms with Gasteiger partial charge in [-0.15, -0.1) is 0 Å². The molecular weight excluding hydrogens is 244 g/mol. The predicted octanol–water partition coefficient (Wildman–Crippen LogP) is 4.50. The van der Waals surface area contributed by atoms with Gasteiger partial charge in [0.15, 0.2) is 0 Å². The highest BCUT2D eigenvalue weighted by molar-refractivity contribution is 5.65. The molecule has 0 heterocycles. The quantitative estimate of drug-likeness (QED) is 0.863. The van der Waals surface area contributed by atoms with Crippen molar-refractivity contribution in [3.63, 3.8) is 0 Å². The molecule has 0 bridgehead atoms. The van der Waals surface area contributed by atoms with Crippen LogP contribution in [-0.4, -0.2) is 11.7 Å². The fourth-order valence-corrected chi connectivity index (χ4v) is 2.78. The van der Waals surface area contributed by atoms with Gasteiger partial charge in [-0.3, -0.25) is 0 Å². The van der Waals surface area contributed by atoms with E-state index < -0.39 is 0 Å². The molecule has 1 saturated carbocycles. The lowest BCUT2D eigenvalue weighted by Gasteiger charge is -2.13. The van der Waals surface area contributed by atoms with Crippen LogP contribution >= 0.6 is 0 Å². The number of hydrogen-bond donors (Lipinski definition) is 1. The molecule has 0 unspecified atom stereocenters. The maximum atomic E-state index is 9.49. The highest BCUT2D eigenvalue weighted by Gasteiger charge is 2.43. The lowest BCUT2D eigenvalue weighted by atomic mass is 9.93. The molecule has 3 rings (SSSR count). The maximum Gasteiger partial charge on any atom is 0.0527 e. The van der Waals surface area contributed by atoms with Gasteiger partial charge in [-0.2, -0.15) is 0 Å². The van der Waals surface area contributed by atoms with Gasteiger partial charge in [-0.05, 0) is 41.0 Å². The van der Waals surface area contributed by atoms with E-state index in [1.165, 1.54) is 22.3 Å². The van der Waals surface area contributed by atoms with Crippen LogP contribution in [-0.2, 0) is 5.41 Å². The minimum atomic E-state index is 0.0678. The normalized spacial score (nSPS) is 16.4. The van der Waals surface area contributed by atoms with E-state index in [2.05, 4.69) is 62.4 Å². The van der Waals surface area contributed by atoms with Crippen LogP contribution < -0.4 is 0 Å². The molecule has 1 aliphatic rings. The summed E-state index contributed by atoms with van der Waals surface area (Å²) < 4.78 is 0. The molecule has 20 heavy (non-hydrogen) atoms. The van der Waals surface area contributed by atoms with Gasteiger partial charge >= 0.3 is 0 Å². The van der Waals surface area contributed by atoms with E-state index in [0.29, 0.717) is 5.92 Å². The Morgan fingerprint density at radius 3 is 2.25 bits per heavy atom. The molecule has 2 aromatic carbocycles. The topological polar surface area (TPSA) is 20.2 Å². The van der Waals surface area contributed by atoms with Gasteiger partial charge in [0.25, 0.3) is 0 Å². The third-order valence-corrected chi connectivity index (χ3v) is 4.54. The summed E-state index contributed by atoms with van der Waals surface area (Å²) >= 11 is 0. The van der Waals surface area contributed by atoms with Crippen LogP contribution in [0.3, 0.4) is 0 Å². The fraction of sp³-hybridized carbons (Fsp3) is 0.368. The Morgan fingerprint density at radius 1 is 1.00 bits per heavy atom. The van der Waals surface area contributed by atoms with Crippen molar-refractivity contribution in [3.05, 3.63) is 59.7 Å². The van der Waals surface area contributed by atoms with Crippen molar-refractivity contribution in [2.75, 3.05) is 6.61 Å². The Bertz CT molecular complexity index is 591. The van der Waals surface area contributed by atoms with Crippen molar-refractivity contribution < 1.29 is 5.11 Å². The van der Waals surface area contributed by atoms with E-state index in [1.807, 2.05) is 0 Å². The van der Waals surface area contributed by atoms with Crippen molar-refractivity contribution in [1.82, 2.24) is 0 Å². The Kier molecular flexibility index (Phi) is 3.39. The molecule has 1 aliphatic carbocycles. The summed E-state index contributed by atoms with van der Waals surface area (Å²) in [6.45, 7) is 4.72. The van der Waals surface area contributed by atoms with Crippen LogP contribution in [0.2, 0.25) is 0 Å². The second-order valence-corrected chi connectivity index (χ2v) is 6.30. The van der Waals surface area contributed by atoms with Crippen molar-refractivity contribution in [2.45, 2.75) is 38.0 Å². The summed E-state index contributed by atoms with van der Waals surface area (Å²) in [7, 11) is 0. The Balaban J connectivity index is 1.89. The standard InChI is InChI=1S/C19H22O/c1-14(2)16-4-3-5-17(12-16)15-6-8-18(9-7-15)19(13-20)10-11-19/h3-9,12,14,20H,10-11,13H2,1-2H3. The second-order valence-electron chi connectivity index (χ2n) is 6.30. The number of rotatable bonds is 4. The summed E-state index contributed by atoms with van der Waals surface area (Å²) in [5.41, 5.74) is 5.25. The average Bonchev–Trinajstić information content (AvgIpc) is 3.29. The van der Waals surface area contributed by atoms with E-state index in [0.717, 1.165) is 12.8 Å². The first kappa shape index (κ1) is 13.4. The third-order valence-electron chi connectivity index (χ3n) is 4.54. The predicted molar refractivity (Wildman–Crippen MR) is 84.0 cm³/mol. The average molecular weight is 266 g/mol. The molecular formula is C19H22O. The summed E-state index contributed by atoms with van der Waals surface area (Å²) in [6.07, 6.45) is 2.23. The van der Waals surface area contributed by atoms with E-state index in [1.54, 1.807) is 0 Å². The first-order chi connectivity index (χ1) is 9.64. The van der Waals surface area contributed by atoms with Crippen LogP contribution in [0.5, 0.6) is 0 Å². The van der Waals surface area contributed by atoms with Gasteiger partial charge in [-0.1, -0.05) is 62.4 Å². The van der Waals surface area contributed by atoms with Crippen molar-refractivity contribution in [3.8, 4) is 11.1 Å². The van der Waals surface area contributed by atoms with E-state index >= 15 is 0 Å². The number of aliphatic hydroxyl groups is 1. The molecule has 1 fully saturated rings. The van der Waals surface area contributed by atoms with Crippen LogP contribution in [0.25, 0.3) is 11.1 Å². The maximum absolute atomic E-state index is 9.49. The fourth-order valence-electron chi connectivity index (χ4n) is 2.78. The van der Waals surface area contributed by atoms with Crippen LogP contribution in [0, 0.1) is 0 Å². The summed E-state index contributed by atoms with van der Waals surface area (Å²) in [5.74, 6) is 0.554. The zero-order valence-electron chi connectivity index (χ0n) is 12.3. The first-order valence-corrected chi connectivity index (χ1v) is 7.46. The van der Waals surface area contributed by atoms with E-state index in [-0.39, 0.29) is 12.0 Å². The number of hydrogen-bond acceptors (Lipinski definition) is 1. The van der Waals surface area contributed by atoms with Crippen LogP contribution in [0.1, 0.15) is 43.7 Å². The molecule has 104 valence electrons. The number of benzene rings is 2. The molecule has 1 nitrogen and oxygen atoms in total. The lowest BCUT2D eigenvalue weighted by molar-refractivity contribution is 0.255. The van der Waals surface area contributed by atoms with Gasteiger partial charge < -0.3 is 5.11 Å². The smallest absolute Gasteiger partial charge is 0.0527 e. The molecule has 0 spiro atoms. The Hall–Kier alpha value is -1.60. The molecule has 0 saturated heterocycles. The van der Waals surface area contributed by atoms with E-state index in [4.69, 9.17) is 0 Å². The highest BCUT2D eigenvalue weighted by atomic mass is 16.3. The molecule has 1 heteroatoms. The summed E-state index contributed by atoms with van der Waals surface area (Å²) in [6, 6.07) is 17.5. The number of aliphatic hydroxyl groups excluding tert-OH is 1. The van der Waals surface area contributed by atoms with Crippen LogP contribution in [0.4, 0.5) is 0 Å². The molecule has 0 aliphatic heterocycles. The van der Waals surface area contributed by atoms with Crippen molar-refractivity contribution in [2.24, 2.45) is 0 Å². The summed E-state index contributed by atoms with van der Waals surface area (Å²) in [4.78, 5) is 0. The molecule has 0 radical (unpaired) electrons. The van der Waals surface area contributed by atoms with E-state index in [9.17, 15) is 5.11 Å². The lowest BCUT2D eigenvalue weighted by Crippen LogP contribution is -2.11. The highest BCUT2D eigenvalue weighted by Crippen LogP contribution is 2.47. The largest absolute Gasteiger partial charge is 0.395 e. The Labute approximate surface area is 121 Å². The second kappa shape index (κ2) is 5.06.